The Bertz CT molecular complexity index is 760. The Balaban J connectivity index is 1.89. The molecule has 1 amide bonds. The van der Waals surface area contributed by atoms with E-state index in [9.17, 15) is 19.1 Å². The molecule has 1 atom stereocenters. The van der Waals surface area contributed by atoms with Gasteiger partial charge in [-0.05, 0) is 37.1 Å². The number of rotatable bonds is 9. The number of halogens is 1. The van der Waals surface area contributed by atoms with Crippen molar-refractivity contribution in [3.8, 4) is 0 Å². The van der Waals surface area contributed by atoms with Gasteiger partial charge >= 0.3 is 5.97 Å². The second-order valence-electron chi connectivity index (χ2n) is 7.01. The van der Waals surface area contributed by atoms with Gasteiger partial charge < -0.3 is 15.2 Å². The number of carboxylic acid groups (broad SMARTS) is 1. The molecule has 0 aromatic heterocycles. The van der Waals surface area contributed by atoms with Gasteiger partial charge in [-0.15, -0.1) is 0 Å². The smallest absolute Gasteiger partial charge is 0.312 e. The van der Waals surface area contributed by atoms with Crippen LogP contribution in [0.25, 0.3) is 0 Å². The summed E-state index contributed by atoms with van der Waals surface area (Å²) in [5.74, 6) is -2.77. The fourth-order valence-corrected chi connectivity index (χ4v) is 2.54. The van der Waals surface area contributed by atoms with Crippen molar-refractivity contribution in [3.63, 3.8) is 0 Å². The largest absolute Gasteiger partial charge is 0.481 e. The maximum Gasteiger partial charge on any atom is 0.312 e. The maximum atomic E-state index is 13.0. The van der Waals surface area contributed by atoms with Crippen molar-refractivity contribution in [1.82, 2.24) is 5.32 Å². The number of carbonyl (C=O) groups is 2. The highest BCUT2D eigenvalue weighted by atomic mass is 19.1. The van der Waals surface area contributed by atoms with E-state index < -0.39 is 23.1 Å². The third-order valence-corrected chi connectivity index (χ3v) is 4.23. The molecule has 0 saturated carbocycles. The van der Waals surface area contributed by atoms with E-state index >= 15 is 0 Å². The molecule has 2 aromatic carbocycles. The number of carboxylic acids is 1. The Morgan fingerprint density at radius 1 is 1.11 bits per heavy atom. The van der Waals surface area contributed by atoms with Crippen molar-refractivity contribution in [3.05, 3.63) is 71.5 Å². The van der Waals surface area contributed by atoms with Crippen LogP contribution >= 0.6 is 0 Å². The van der Waals surface area contributed by atoms with E-state index in [4.69, 9.17) is 4.74 Å². The highest BCUT2D eigenvalue weighted by Crippen LogP contribution is 2.19. The molecule has 2 aromatic rings. The lowest BCUT2D eigenvalue weighted by Gasteiger charge is -2.24. The number of benzene rings is 2. The summed E-state index contributed by atoms with van der Waals surface area (Å²) in [5, 5.41) is 12.1. The van der Waals surface area contributed by atoms with Gasteiger partial charge in [0.15, 0.2) is 0 Å². The third-order valence-electron chi connectivity index (χ3n) is 4.23. The number of amides is 1. The van der Waals surface area contributed by atoms with Crippen molar-refractivity contribution in [2.45, 2.75) is 26.4 Å². The van der Waals surface area contributed by atoms with Crippen LogP contribution in [0.2, 0.25) is 0 Å². The van der Waals surface area contributed by atoms with E-state index in [-0.39, 0.29) is 19.1 Å². The molecule has 0 fully saturated rings. The number of hydrogen-bond donors (Lipinski definition) is 2. The van der Waals surface area contributed by atoms with Crippen molar-refractivity contribution in [2.75, 3.05) is 13.2 Å². The first kappa shape index (κ1) is 20.6. The van der Waals surface area contributed by atoms with E-state index in [1.807, 2.05) is 30.3 Å². The topological polar surface area (TPSA) is 75.6 Å². The van der Waals surface area contributed by atoms with Crippen LogP contribution in [-0.4, -0.2) is 30.1 Å². The van der Waals surface area contributed by atoms with Crippen LogP contribution in [-0.2, 0) is 20.9 Å². The molecule has 0 bridgehead atoms. The van der Waals surface area contributed by atoms with E-state index in [2.05, 4.69) is 5.32 Å². The molecule has 0 radical (unpaired) electrons. The first-order valence-corrected chi connectivity index (χ1v) is 8.68. The molecule has 0 aliphatic rings. The number of aliphatic carboxylic acids is 1. The van der Waals surface area contributed by atoms with E-state index in [1.54, 1.807) is 13.8 Å². The van der Waals surface area contributed by atoms with E-state index in [1.165, 1.54) is 24.3 Å². The molecule has 2 rings (SSSR count). The summed E-state index contributed by atoms with van der Waals surface area (Å²) in [6.45, 7) is 3.98. The normalized spacial score (nSPS) is 12.4. The van der Waals surface area contributed by atoms with Crippen molar-refractivity contribution in [2.24, 2.45) is 5.41 Å². The van der Waals surface area contributed by atoms with Crippen LogP contribution in [0, 0.1) is 11.2 Å². The summed E-state index contributed by atoms with van der Waals surface area (Å²) in [4.78, 5) is 24.0. The predicted molar refractivity (Wildman–Crippen MR) is 99.7 cm³/mol. The minimum absolute atomic E-state index is 0.0814. The van der Waals surface area contributed by atoms with Gasteiger partial charge in [-0.3, -0.25) is 9.59 Å². The lowest BCUT2D eigenvalue weighted by molar-refractivity contribution is -0.139. The van der Waals surface area contributed by atoms with E-state index in [0.29, 0.717) is 12.2 Å². The minimum Gasteiger partial charge on any atom is -0.481 e. The molecule has 144 valence electrons. The number of nitrogens with one attached hydrogen (secondary N) is 1. The summed E-state index contributed by atoms with van der Waals surface area (Å²) in [6, 6.07) is 14.9. The molecule has 5 nitrogen and oxygen atoms in total. The summed E-state index contributed by atoms with van der Waals surface area (Å²) in [7, 11) is 0. The Hall–Kier alpha value is -2.73. The third kappa shape index (κ3) is 6.18. The molecule has 6 heteroatoms. The number of carbonyl (C=O) groups excluding carboxylic acids is 1. The monoisotopic (exact) mass is 373 g/mol. The first-order chi connectivity index (χ1) is 12.8. The molecule has 0 saturated heterocycles. The van der Waals surface area contributed by atoms with E-state index in [0.717, 1.165) is 5.56 Å². The molecule has 0 spiro atoms. The van der Waals surface area contributed by atoms with Crippen LogP contribution in [0.5, 0.6) is 0 Å². The average molecular weight is 373 g/mol. The standard InChI is InChI=1S/C21H24FNO4/c1-21(2,14-27-13-15-6-4-3-5-7-15)20(26)23-12-18(19(24)25)16-8-10-17(22)11-9-16/h3-11,18H,12-14H2,1-2H3,(H,23,26)(H,24,25). The van der Waals surface area contributed by atoms with Crippen LogP contribution < -0.4 is 5.32 Å². The molecular weight excluding hydrogens is 349 g/mol. The molecule has 27 heavy (non-hydrogen) atoms. The van der Waals surface area contributed by atoms with Crippen molar-refractivity contribution in [1.29, 1.82) is 0 Å². The van der Waals surface area contributed by atoms with Crippen molar-refractivity contribution < 1.29 is 23.8 Å². The van der Waals surface area contributed by atoms with Crippen LogP contribution in [0.4, 0.5) is 4.39 Å². The van der Waals surface area contributed by atoms with Gasteiger partial charge in [0.25, 0.3) is 0 Å². The van der Waals surface area contributed by atoms with Gasteiger partial charge in [-0.2, -0.15) is 0 Å². The molecule has 1 unspecified atom stereocenters. The molecule has 0 heterocycles. The maximum absolute atomic E-state index is 13.0. The minimum atomic E-state index is -1.08. The highest BCUT2D eigenvalue weighted by molar-refractivity contribution is 5.83. The van der Waals surface area contributed by atoms with Gasteiger partial charge in [0.1, 0.15) is 5.82 Å². The van der Waals surface area contributed by atoms with Gasteiger partial charge in [0.2, 0.25) is 5.91 Å². The quantitative estimate of drug-likeness (QED) is 0.707. The van der Waals surface area contributed by atoms with Crippen LogP contribution in [0.3, 0.4) is 0 Å². The summed E-state index contributed by atoms with van der Waals surface area (Å²) < 4.78 is 18.7. The summed E-state index contributed by atoms with van der Waals surface area (Å²) >= 11 is 0. The van der Waals surface area contributed by atoms with Crippen LogP contribution in [0.1, 0.15) is 30.9 Å². The lowest BCUT2D eigenvalue weighted by atomic mass is 9.92. The van der Waals surface area contributed by atoms with Crippen molar-refractivity contribution >= 4 is 11.9 Å². The SMILES string of the molecule is CC(C)(COCc1ccccc1)C(=O)NCC(C(=O)O)c1ccc(F)cc1. The number of hydrogen-bond acceptors (Lipinski definition) is 3. The molecule has 0 aliphatic carbocycles. The Labute approximate surface area is 158 Å². The Morgan fingerprint density at radius 2 is 1.74 bits per heavy atom. The fraction of sp³-hybridized carbons (Fsp3) is 0.333. The number of ether oxygens (including phenoxy) is 1. The second-order valence-corrected chi connectivity index (χ2v) is 7.01. The first-order valence-electron chi connectivity index (χ1n) is 8.68. The predicted octanol–water partition coefficient (Wildman–Crippen LogP) is 3.35. The van der Waals surface area contributed by atoms with Gasteiger partial charge in [0.05, 0.1) is 24.5 Å². The summed E-state index contributed by atoms with van der Waals surface area (Å²) in [5.41, 5.74) is 0.624. The zero-order chi connectivity index (χ0) is 19.9. The van der Waals surface area contributed by atoms with Gasteiger partial charge in [0, 0.05) is 6.54 Å². The summed E-state index contributed by atoms with van der Waals surface area (Å²) in [6.07, 6.45) is 0. The van der Waals surface area contributed by atoms with Gasteiger partial charge in [-0.25, -0.2) is 4.39 Å². The fourth-order valence-electron chi connectivity index (χ4n) is 2.54. The zero-order valence-corrected chi connectivity index (χ0v) is 15.4. The van der Waals surface area contributed by atoms with Crippen LogP contribution in [0.15, 0.2) is 54.6 Å². The lowest BCUT2D eigenvalue weighted by Crippen LogP contribution is -2.42. The Kier molecular flexibility index (Phi) is 7.07. The molecule has 0 aliphatic heterocycles. The average Bonchev–Trinajstić information content (AvgIpc) is 2.63. The molecule has 2 N–H and O–H groups in total. The van der Waals surface area contributed by atoms with Gasteiger partial charge in [-0.1, -0.05) is 42.5 Å². The zero-order valence-electron chi connectivity index (χ0n) is 15.4. The Morgan fingerprint density at radius 3 is 2.33 bits per heavy atom. The highest BCUT2D eigenvalue weighted by Gasteiger charge is 2.29. The second kappa shape index (κ2) is 9.28. The molecular formula is C21H24FNO4.